The molecule has 0 spiro atoms. The van der Waals surface area contributed by atoms with Gasteiger partial charge in [-0.1, -0.05) is 6.08 Å². The van der Waals surface area contributed by atoms with Crippen molar-refractivity contribution in [2.45, 2.75) is 31.5 Å². The molecule has 1 atom stereocenters. The van der Waals surface area contributed by atoms with Crippen LogP contribution in [0.25, 0.3) is 0 Å². The zero-order valence-electron chi connectivity index (χ0n) is 8.40. The average Bonchev–Trinajstić information content (AvgIpc) is 2.09. The van der Waals surface area contributed by atoms with Crippen molar-refractivity contribution in [1.29, 1.82) is 0 Å². The molecule has 0 radical (unpaired) electrons. The van der Waals surface area contributed by atoms with Crippen molar-refractivity contribution in [1.82, 2.24) is 5.32 Å². The molecule has 88 valence electrons. The molecule has 0 aliphatic heterocycles. The average molecular weight is 225 g/mol. The van der Waals surface area contributed by atoms with Gasteiger partial charge in [-0.2, -0.15) is 13.2 Å². The second kappa shape index (κ2) is 5.16. The molecule has 0 aliphatic carbocycles. The summed E-state index contributed by atoms with van der Waals surface area (Å²) in [6.45, 7) is 4.01. The summed E-state index contributed by atoms with van der Waals surface area (Å²) in [4.78, 5) is 10.5. The Kier molecular flexibility index (Phi) is 4.80. The van der Waals surface area contributed by atoms with E-state index in [0.717, 1.165) is 0 Å². The maximum Gasteiger partial charge on any atom is 0.417 e. The molecule has 3 nitrogen and oxygen atoms in total. The van der Waals surface area contributed by atoms with Crippen LogP contribution in [0, 0.1) is 0 Å². The second-order valence-corrected chi connectivity index (χ2v) is 3.29. The minimum Gasteiger partial charge on any atom is -0.480 e. The van der Waals surface area contributed by atoms with Crippen molar-refractivity contribution in [3.8, 4) is 0 Å². The highest BCUT2D eigenvalue weighted by Crippen LogP contribution is 2.30. The first-order valence-electron chi connectivity index (χ1n) is 4.41. The van der Waals surface area contributed by atoms with Gasteiger partial charge in [0, 0.05) is 0 Å². The molecule has 0 fully saturated rings. The van der Waals surface area contributed by atoms with Crippen LogP contribution in [0.1, 0.15) is 19.8 Å². The van der Waals surface area contributed by atoms with Gasteiger partial charge in [0.1, 0.15) is 0 Å². The van der Waals surface area contributed by atoms with Crippen molar-refractivity contribution in [3.05, 3.63) is 12.7 Å². The third-order valence-corrected chi connectivity index (χ3v) is 2.06. The van der Waals surface area contributed by atoms with Gasteiger partial charge in [-0.05, 0) is 26.3 Å². The Bertz CT molecular complexity index is 240. The monoisotopic (exact) mass is 225 g/mol. The summed E-state index contributed by atoms with van der Waals surface area (Å²) in [5.41, 5.74) is -2.88. The van der Waals surface area contributed by atoms with Gasteiger partial charge in [0.05, 0.1) is 0 Å². The molecule has 0 aromatic rings. The molecule has 0 rings (SSSR count). The smallest absolute Gasteiger partial charge is 0.417 e. The SMILES string of the molecule is C=CCCCNC(C)(C(=O)O)C(F)(F)F. The van der Waals surface area contributed by atoms with E-state index in [1.54, 1.807) is 6.08 Å². The molecule has 2 N–H and O–H groups in total. The topological polar surface area (TPSA) is 49.3 Å². The lowest BCUT2D eigenvalue weighted by Crippen LogP contribution is -2.60. The van der Waals surface area contributed by atoms with Gasteiger partial charge >= 0.3 is 12.1 Å². The maximum absolute atomic E-state index is 12.4. The summed E-state index contributed by atoms with van der Waals surface area (Å²) in [5.74, 6) is -1.92. The van der Waals surface area contributed by atoms with Gasteiger partial charge in [-0.25, -0.2) is 4.79 Å². The van der Waals surface area contributed by atoms with Crippen molar-refractivity contribution < 1.29 is 23.1 Å². The molecule has 1 unspecified atom stereocenters. The molecule has 0 aliphatic rings. The lowest BCUT2D eigenvalue weighted by molar-refractivity contribution is -0.205. The maximum atomic E-state index is 12.4. The van der Waals surface area contributed by atoms with Crippen LogP contribution in [-0.4, -0.2) is 29.3 Å². The molecule has 0 saturated heterocycles. The molecule has 0 bridgehead atoms. The summed E-state index contributed by atoms with van der Waals surface area (Å²) in [6, 6.07) is 0. The van der Waals surface area contributed by atoms with Crippen molar-refractivity contribution >= 4 is 5.97 Å². The Labute approximate surface area is 86.0 Å². The number of carbonyl (C=O) groups is 1. The number of nitrogens with one attached hydrogen (secondary N) is 1. The van der Waals surface area contributed by atoms with E-state index in [2.05, 4.69) is 6.58 Å². The summed E-state index contributed by atoms with van der Waals surface area (Å²) in [6.07, 6.45) is -2.29. The molecule has 0 amide bonds. The molecule has 6 heteroatoms. The predicted molar refractivity (Wildman–Crippen MR) is 49.5 cm³/mol. The molecule has 0 aromatic heterocycles. The quantitative estimate of drug-likeness (QED) is 0.536. The van der Waals surface area contributed by atoms with Gasteiger partial charge in [0.15, 0.2) is 0 Å². The van der Waals surface area contributed by atoms with Crippen LogP contribution in [0.2, 0.25) is 0 Å². The summed E-state index contributed by atoms with van der Waals surface area (Å²) >= 11 is 0. The predicted octanol–water partition coefficient (Wildman–Crippen LogP) is 1.95. The molecule has 0 aromatic carbocycles. The van der Waals surface area contributed by atoms with Gasteiger partial charge in [-0.3, -0.25) is 5.32 Å². The van der Waals surface area contributed by atoms with Crippen LogP contribution in [0.5, 0.6) is 0 Å². The summed E-state index contributed by atoms with van der Waals surface area (Å²) < 4.78 is 37.2. The zero-order valence-corrected chi connectivity index (χ0v) is 8.40. The fraction of sp³-hybridized carbons (Fsp3) is 0.667. The minimum atomic E-state index is -4.81. The first kappa shape index (κ1) is 14.0. The first-order valence-corrected chi connectivity index (χ1v) is 4.41. The highest BCUT2D eigenvalue weighted by Gasteiger charge is 2.56. The van der Waals surface area contributed by atoms with Crippen LogP contribution in [-0.2, 0) is 4.79 Å². The third-order valence-electron chi connectivity index (χ3n) is 2.06. The van der Waals surface area contributed by atoms with Crippen molar-refractivity contribution in [3.63, 3.8) is 0 Å². The van der Waals surface area contributed by atoms with E-state index in [-0.39, 0.29) is 6.54 Å². The third kappa shape index (κ3) is 3.54. The lowest BCUT2D eigenvalue weighted by Gasteiger charge is -2.28. The number of hydrogen-bond acceptors (Lipinski definition) is 2. The highest BCUT2D eigenvalue weighted by molar-refractivity contribution is 5.79. The van der Waals surface area contributed by atoms with Gasteiger partial charge < -0.3 is 5.11 Å². The number of carboxylic acids is 1. The van der Waals surface area contributed by atoms with Crippen molar-refractivity contribution in [2.75, 3.05) is 6.54 Å². The number of allylic oxidation sites excluding steroid dienone is 1. The Morgan fingerprint density at radius 2 is 2.07 bits per heavy atom. The molecule has 0 heterocycles. The number of alkyl halides is 3. The van der Waals surface area contributed by atoms with Crippen LogP contribution in [0.15, 0.2) is 12.7 Å². The van der Waals surface area contributed by atoms with E-state index in [4.69, 9.17) is 5.11 Å². The Morgan fingerprint density at radius 3 is 2.40 bits per heavy atom. The van der Waals surface area contributed by atoms with E-state index < -0.39 is 17.7 Å². The Morgan fingerprint density at radius 1 is 1.53 bits per heavy atom. The summed E-state index contributed by atoms with van der Waals surface area (Å²) in [5, 5.41) is 10.5. The Balaban J connectivity index is 4.41. The number of hydrogen-bond donors (Lipinski definition) is 2. The van der Waals surface area contributed by atoms with E-state index in [1.165, 1.54) is 0 Å². The highest BCUT2D eigenvalue weighted by atomic mass is 19.4. The fourth-order valence-corrected chi connectivity index (χ4v) is 0.882. The van der Waals surface area contributed by atoms with Crippen LogP contribution < -0.4 is 5.32 Å². The van der Waals surface area contributed by atoms with E-state index in [0.29, 0.717) is 19.8 Å². The number of carboxylic acid groups (broad SMARTS) is 1. The molecule has 0 saturated carbocycles. The van der Waals surface area contributed by atoms with Crippen molar-refractivity contribution in [2.24, 2.45) is 0 Å². The van der Waals surface area contributed by atoms with Crippen LogP contribution >= 0.6 is 0 Å². The van der Waals surface area contributed by atoms with Gasteiger partial charge in [0.25, 0.3) is 0 Å². The number of unbranched alkanes of at least 4 members (excludes halogenated alkanes) is 1. The Hall–Kier alpha value is -1.04. The number of halogens is 3. The second-order valence-electron chi connectivity index (χ2n) is 3.29. The normalized spacial score (nSPS) is 15.7. The van der Waals surface area contributed by atoms with Gasteiger partial charge in [-0.15, -0.1) is 6.58 Å². The number of rotatable bonds is 6. The fourth-order valence-electron chi connectivity index (χ4n) is 0.882. The first-order chi connectivity index (χ1) is 6.75. The zero-order chi connectivity index (χ0) is 12.1. The lowest BCUT2D eigenvalue weighted by atomic mass is 10.0. The van der Waals surface area contributed by atoms with E-state index in [9.17, 15) is 18.0 Å². The summed E-state index contributed by atoms with van der Waals surface area (Å²) in [7, 11) is 0. The minimum absolute atomic E-state index is 0.0195. The van der Waals surface area contributed by atoms with Crippen LogP contribution in [0.3, 0.4) is 0 Å². The molecule has 15 heavy (non-hydrogen) atoms. The van der Waals surface area contributed by atoms with Crippen LogP contribution in [0.4, 0.5) is 13.2 Å². The molecular formula is C9H14F3NO2. The standard InChI is InChI=1S/C9H14F3NO2/c1-3-4-5-6-13-8(2,7(14)15)9(10,11)12/h3,13H,1,4-6H2,2H3,(H,14,15). The van der Waals surface area contributed by atoms with Gasteiger partial charge in [0.2, 0.25) is 5.54 Å². The van der Waals surface area contributed by atoms with E-state index in [1.807, 2.05) is 5.32 Å². The largest absolute Gasteiger partial charge is 0.480 e. The van der Waals surface area contributed by atoms with E-state index >= 15 is 0 Å². The number of aliphatic carboxylic acids is 1. The molecular weight excluding hydrogens is 211 g/mol.